The van der Waals surface area contributed by atoms with Gasteiger partial charge in [-0.3, -0.25) is 0 Å². The zero-order chi connectivity index (χ0) is 21.0. The molecule has 0 aromatic heterocycles. The zero-order valence-corrected chi connectivity index (χ0v) is 20.9. The lowest BCUT2D eigenvalue weighted by Crippen LogP contribution is -1.89. The molecule has 0 unspecified atom stereocenters. The van der Waals surface area contributed by atoms with Gasteiger partial charge in [-0.1, -0.05) is 104 Å². The summed E-state index contributed by atoms with van der Waals surface area (Å²) in [6, 6.07) is 0. The van der Waals surface area contributed by atoms with Crippen LogP contribution >= 0.6 is 23.5 Å². The van der Waals surface area contributed by atoms with Gasteiger partial charge >= 0.3 is 0 Å². The van der Waals surface area contributed by atoms with Crippen LogP contribution in [0.25, 0.3) is 0 Å². The first-order valence-electron chi connectivity index (χ1n) is 12.2. The van der Waals surface area contributed by atoms with Gasteiger partial charge in [0.15, 0.2) is 0 Å². The van der Waals surface area contributed by atoms with Crippen LogP contribution < -0.4 is 0 Å². The number of unbranched alkanes of at least 4 members (excludes halogenated alkanes) is 14. The van der Waals surface area contributed by atoms with Gasteiger partial charge in [0, 0.05) is 11.5 Å². The molecular weight excluding hydrogens is 384 g/mol. The summed E-state index contributed by atoms with van der Waals surface area (Å²) >= 11 is 3.75. The number of rotatable bonds is 22. The van der Waals surface area contributed by atoms with Gasteiger partial charge in [-0.2, -0.15) is 23.5 Å². The molecule has 2 nitrogen and oxygen atoms in total. The lowest BCUT2D eigenvalue weighted by atomic mass is 10.1. The fraction of sp³-hybridized carbons (Fsp3) is 1.00. The van der Waals surface area contributed by atoms with Crippen molar-refractivity contribution < 1.29 is 10.2 Å². The molecule has 28 heavy (non-hydrogen) atoms. The third-order valence-corrected chi connectivity index (χ3v) is 6.85. The summed E-state index contributed by atoms with van der Waals surface area (Å²) in [7, 11) is 0. The van der Waals surface area contributed by atoms with Crippen LogP contribution in [0.15, 0.2) is 0 Å². The molecule has 0 aromatic carbocycles. The Kier molecular flexibility index (Phi) is 35.5. The summed E-state index contributed by atoms with van der Waals surface area (Å²) in [5, 5.41) is 17.1. The summed E-state index contributed by atoms with van der Waals surface area (Å²) < 4.78 is 0. The average Bonchev–Trinajstić information content (AvgIpc) is 2.71. The first-order valence-corrected chi connectivity index (χ1v) is 14.5. The number of aliphatic hydroxyl groups is 2. The number of aliphatic hydroxyl groups excluding tert-OH is 2. The van der Waals surface area contributed by atoms with Crippen LogP contribution in [0.2, 0.25) is 0 Å². The van der Waals surface area contributed by atoms with E-state index in [2.05, 4.69) is 13.8 Å². The smallest absolute Gasteiger partial charge is 0.0521 e. The fourth-order valence-corrected chi connectivity index (χ4v) is 4.49. The van der Waals surface area contributed by atoms with Gasteiger partial charge in [0.05, 0.1) is 13.2 Å². The van der Waals surface area contributed by atoms with E-state index in [-0.39, 0.29) is 0 Å². The van der Waals surface area contributed by atoms with Crippen molar-refractivity contribution in [1.82, 2.24) is 0 Å². The largest absolute Gasteiger partial charge is 0.396 e. The normalized spacial score (nSPS) is 10.7. The van der Waals surface area contributed by atoms with Crippen molar-refractivity contribution in [1.29, 1.82) is 0 Å². The Morgan fingerprint density at radius 2 is 0.679 bits per heavy atom. The summed E-state index contributed by atoms with van der Waals surface area (Å²) in [4.78, 5) is 0. The first-order chi connectivity index (χ1) is 13.8. The van der Waals surface area contributed by atoms with E-state index in [1.165, 1.54) is 114 Å². The molecule has 0 heterocycles. The van der Waals surface area contributed by atoms with E-state index in [1.807, 2.05) is 23.5 Å². The summed E-state index contributed by atoms with van der Waals surface area (Å²) in [6.07, 6.45) is 22.3. The summed E-state index contributed by atoms with van der Waals surface area (Å²) in [5.74, 6) is 4.29. The van der Waals surface area contributed by atoms with Crippen LogP contribution in [0.5, 0.6) is 0 Å². The van der Waals surface area contributed by atoms with Gasteiger partial charge in [-0.15, -0.1) is 0 Å². The van der Waals surface area contributed by atoms with Crippen LogP contribution in [0.4, 0.5) is 0 Å². The molecule has 0 saturated carbocycles. The lowest BCUT2D eigenvalue weighted by Gasteiger charge is -2.02. The number of thioether (sulfide) groups is 2. The Balaban J connectivity index is 0. The molecule has 0 rings (SSSR count). The Labute approximate surface area is 186 Å². The minimum absolute atomic E-state index is 0.334. The highest BCUT2D eigenvalue weighted by atomic mass is 32.2. The van der Waals surface area contributed by atoms with E-state index in [9.17, 15) is 0 Å². The van der Waals surface area contributed by atoms with Gasteiger partial charge in [0.1, 0.15) is 0 Å². The third kappa shape index (κ3) is 34.1. The van der Waals surface area contributed by atoms with Gasteiger partial charge in [0.25, 0.3) is 0 Å². The monoisotopic (exact) mass is 436 g/mol. The summed E-state index contributed by atoms with van der Waals surface area (Å²) in [5.41, 5.74) is 0. The molecule has 0 aliphatic heterocycles. The Hall–Kier alpha value is 0.620. The SMILES string of the molecule is CCCCCCCCCCCCSCCO.CCCCCCCCSCCO. The minimum atomic E-state index is 0.334. The molecule has 0 amide bonds. The average molecular weight is 437 g/mol. The van der Waals surface area contributed by atoms with Crippen LogP contribution in [-0.4, -0.2) is 46.4 Å². The molecule has 0 aliphatic rings. The van der Waals surface area contributed by atoms with Crippen LogP contribution in [0.1, 0.15) is 117 Å². The Morgan fingerprint density at radius 3 is 0.964 bits per heavy atom. The summed E-state index contributed by atoms with van der Waals surface area (Å²) in [6.45, 7) is 5.19. The van der Waals surface area contributed by atoms with Gasteiger partial charge in [-0.25, -0.2) is 0 Å². The zero-order valence-electron chi connectivity index (χ0n) is 19.3. The quantitative estimate of drug-likeness (QED) is 0.170. The van der Waals surface area contributed by atoms with Gasteiger partial charge in [-0.05, 0) is 24.3 Å². The minimum Gasteiger partial charge on any atom is -0.396 e. The predicted octanol–water partition coefficient (Wildman–Crippen LogP) is 7.71. The van der Waals surface area contributed by atoms with E-state index in [0.717, 1.165) is 11.5 Å². The third-order valence-electron chi connectivity index (χ3n) is 4.76. The molecule has 0 aromatic rings. The highest BCUT2D eigenvalue weighted by Crippen LogP contribution is 2.12. The van der Waals surface area contributed by atoms with Gasteiger partial charge in [0.2, 0.25) is 0 Å². The Morgan fingerprint density at radius 1 is 0.393 bits per heavy atom. The first kappa shape index (κ1) is 30.8. The second kappa shape index (κ2) is 32.3. The number of hydrogen-bond donors (Lipinski definition) is 2. The van der Waals surface area contributed by atoms with Crippen molar-refractivity contribution in [3.63, 3.8) is 0 Å². The molecule has 0 spiro atoms. The van der Waals surface area contributed by atoms with E-state index < -0.39 is 0 Å². The molecule has 0 saturated heterocycles. The Bertz CT molecular complexity index is 217. The molecule has 2 N–H and O–H groups in total. The topological polar surface area (TPSA) is 40.5 Å². The van der Waals surface area contributed by atoms with Crippen molar-refractivity contribution in [3.8, 4) is 0 Å². The lowest BCUT2D eigenvalue weighted by molar-refractivity contribution is 0.322. The van der Waals surface area contributed by atoms with Crippen molar-refractivity contribution in [2.75, 3.05) is 36.2 Å². The van der Waals surface area contributed by atoms with E-state index >= 15 is 0 Å². The molecule has 0 fully saturated rings. The van der Waals surface area contributed by atoms with E-state index in [1.54, 1.807) is 0 Å². The van der Waals surface area contributed by atoms with Crippen LogP contribution in [0.3, 0.4) is 0 Å². The highest BCUT2D eigenvalue weighted by Gasteiger charge is 1.93. The van der Waals surface area contributed by atoms with Crippen molar-refractivity contribution in [2.45, 2.75) is 117 Å². The number of hydrogen-bond acceptors (Lipinski definition) is 4. The molecule has 0 bridgehead atoms. The van der Waals surface area contributed by atoms with Gasteiger partial charge < -0.3 is 10.2 Å². The standard InChI is InChI=1S/C14H30OS.C10H22OS/c1-2-3-4-5-6-7-8-9-10-11-13-16-14-12-15;1-2-3-4-5-6-7-9-12-10-8-11/h15H,2-14H2,1H3;11H,2-10H2,1H3. The van der Waals surface area contributed by atoms with E-state index in [4.69, 9.17) is 10.2 Å². The molecular formula is C24H52O2S2. The molecule has 0 atom stereocenters. The molecule has 4 heteroatoms. The second-order valence-corrected chi connectivity index (χ2v) is 10.1. The molecule has 0 aliphatic carbocycles. The predicted molar refractivity (Wildman–Crippen MR) is 134 cm³/mol. The maximum absolute atomic E-state index is 8.61. The van der Waals surface area contributed by atoms with E-state index in [0.29, 0.717) is 13.2 Å². The maximum atomic E-state index is 8.61. The van der Waals surface area contributed by atoms with Crippen molar-refractivity contribution in [3.05, 3.63) is 0 Å². The fourth-order valence-electron chi connectivity index (χ4n) is 3.01. The van der Waals surface area contributed by atoms with Crippen LogP contribution in [0, 0.1) is 0 Å². The molecule has 172 valence electrons. The van der Waals surface area contributed by atoms with Crippen molar-refractivity contribution >= 4 is 23.5 Å². The maximum Gasteiger partial charge on any atom is 0.0521 e. The second-order valence-electron chi connectivity index (χ2n) is 7.62. The molecule has 0 radical (unpaired) electrons. The van der Waals surface area contributed by atoms with Crippen LogP contribution in [-0.2, 0) is 0 Å². The van der Waals surface area contributed by atoms with Crippen molar-refractivity contribution in [2.24, 2.45) is 0 Å². The highest BCUT2D eigenvalue weighted by molar-refractivity contribution is 7.99.